The molecular weight excluding hydrogens is 224 g/mol. The van der Waals surface area contributed by atoms with Crippen LogP contribution in [0.2, 0.25) is 0 Å². The number of likely N-dealkylation sites (tertiary alicyclic amines) is 1. The summed E-state index contributed by atoms with van der Waals surface area (Å²) in [5, 5.41) is 13.1. The van der Waals surface area contributed by atoms with Crippen molar-refractivity contribution >= 4 is 0 Å². The largest absolute Gasteiger partial charge is 0.393 e. The van der Waals surface area contributed by atoms with E-state index in [1.807, 2.05) is 6.92 Å². The molecule has 1 aliphatic rings. The van der Waals surface area contributed by atoms with E-state index in [9.17, 15) is 5.11 Å². The van der Waals surface area contributed by atoms with Gasteiger partial charge in [-0.25, -0.2) is 0 Å². The molecule has 0 spiro atoms. The Balaban J connectivity index is 2.33. The minimum atomic E-state index is -0.206. The standard InChI is InChI=1S/C15H32N2O/c1-5-8-17-9-6-7-15(11-17)14(4)16-12(2)10-13(3)18/h12-16,18H,5-11H2,1-4H3. The Hall–Kier alpha value is -0.120. The molecule has 108 valence electrons. The number of piperidine rings is 1. The smallest absolute Gasteiger partial charge is 0.0526 e. The summed E-state index contributed by atoms with van der Waals surface area (Å²) in [6.07, 6.45) is 4.57. The maximum absolute atomic E-state index is 9.41. The predicted octanol–water partition coefficient (Wildman–Crippen LogP) is 2.25. The van der Waals surface area contributed by atoms with Crippen LogP contribution in [0.5, 0.6) is 0 Å². The van der Waals surface area contributed by atoms with E-state index >= 15 is 0 Å². The van der Waals surface area contributed by atoms with E-state index in [2.05, 4.69) is 31.0 Å². The fourth-order valence-electron chi connectivity index (χ4n) is 3.18. The molecule has 1 heterocycles. The number of hydrogen-bond donors (Lipinski definition) is 2. The molecule has 1 fully saturated rings. The number of aliphatic hydroxyl groups is 1. The van der Waals surface area contributed by atoms with Crippen LogP contribution in [0.25, 0.3) is 0 Å². The molecule has 0 radical (unpaired) electrons. The second-order valence-electron chi connectivity index (χ2n) is 6.14. The predicted molar refractivity (Wildman–Crippen MR) is 77.8 cm³/mol. The van der Waals surface area contributed by atoms with Crippen LogP contribution >= 0.6 is 0 Å². The quantitative estimate of drug-likeness (QED) is 0.733. The van der Waals surface area contributed by atoms with E-state index in [1.165, 1.54) is 38.9 Å². The van der Waals surface area contributed by atoms with E-state index in [1.54, 1.807) is 0 Å². The van der Waals surface area contributed by atoms with Gasteiger partial charge in [0.25, 0.3) is 0 Å². The highest BCUT2D eigenvalue weighted by Crippen LogP contribution is 2.20. The molecule has 3 heteroatoms. The van der Waals surface area contributed by atoms with E-state index in [0.717, 1.165) is 12.3 Å². The Morgan fingerprint density at radius 2 is 2.06 bits per heavy atom. The van der Waals surface area contributed by atoms with Crippen molar-refractivity contribution in [3.63, 3.8) is 0 Å². The maximum atomic E-state index is 9.41. The topological polar surface area (TPSA) is 35.5 Å². The molecule has 0 aromatic rings. The molecule has 0 saturated carbocycles. The number of hydrogen-bond acceptors (Lipinski definition) is 3. The molecule has 0 aromatic heterocycles. The summed E-state index contributed by atoms with van der Waals surface area (Å²) >= 11 is 0. The van der Waals surface area contributed by atoms with Crippen LogP contribution in [0.4, 0.5) is 0 Å². The van der Waals surface area contributed by atoms with Gasteiger partial charge in [0.15, 0.2) is 0 Å². The lowest BCUT2D eigenvalue weighted by molar-refractivity contribution is 0.135. The Labute approximate surface area is 113 Å². The van der Waals surface area contributed by atoms with Gasteiger partial charge in [-0.05, 0) is 65.5 Å². The monoisotopic (exact) mass is 256 g/mol. The molecule has 2 N–H and O–H groups in total. The summed E-state index contributed by atoms with van der Waals surface area (Å²) in [4.78, 5) is 2.60. The van der Waals surface area contributed by atoms with Crippen LogP contribution in [0.3, 0.4) is 0 Å². The first kappa shape index (κ1) is 15.9. The summed E-state index contributed by atoms with van der Waals surface area (Å²) in [6.45, 7) is 12.4. The van der Waals surface area contributed by atoms with Crippen molar-refractivity contribution in [3.05, 3.63) is 0 Å². The Morgan fingerprint density at radius 3 is 2.67 bits per heavy atom. The molecule has 1 saturated heterocycles. The summed E-state index contributed by atoms with van der Waals surface area (Å²) in [7, 11) is 0. The van der Waals surface area contributed by atoms with Crippen molar-refractivity contribution in [1.82, 2.24) is 10.2 Å². The first-order chi connectivity index (χ1) is 8.52. The van der Waals surface area contributed by atoms with Crippen molar-refractivity contribution < 1.29 is 5.11 Å². The van der Waals surface area contributed by atoms with Gasteiger partial charge < -0.3 is 15.3 Å². The molecule has 4 unspecified atom stereocenters. The number of aliphatic hydroxyl groups excluding tert-OH is 1. The maximum Gasteiger partial charge on any atom is 0.0526 e. The van der Waals surface area contributed by atoms with Gasteiger partial charge in [0, 0.05) is 18.6 Å². The van der Waals surface area contributed by atoms with Crippen LogP contribution in [0, 0.1) is 5.92 Å². The van der Waals surface area contributed by atoms with Gasteiger partial charge in [-0.1, -0.05) is 6.92 Å². The summed E-state index contributed by atoms with van der Waals surface area (Å²) in [5.41, 5.74) is 0. The SMILES string of the molecule is CCCN1CCCC(C(C)NC(C)CC(C)O)C1. The lowest BCUT2D eigenvalue weighted by Crippen LogP contribution is -2.47. The second kappa shape index (κ2) is 8.13. The highest BCUT2D eigenvalue weighted by molar-refractivity contribution is 4.82. The zero-order valence-corrected chi connectivity index (χ0v) is 12.7. The van der Waals surface area contributed by atoms with Gasteiger partial charge >= 0.3 is 0 Å². The minimum absolute atomic E-state index is 0.206. The fourth-order valence-corrected chi connectivity index (χ4v) is 3.18. The van der Waals surface area contributed by atoms with Crippen molar-refractivity contribution in [3.8, 4) is 0 Å². The number of nitrogens with zero attached hydrogens (tertiary/aromatic N) is 1. The molecular formula is C15H32N2O. The van der Waals surface area contributed by atoms with Crippen molar-refractivity contribution in [1.29, 1.82) is 0 Å². The van der Waals surface area contributed by atoms with Gasteiger partial charge in [0.2, 0.25) is 0 Å². The van der Waals surface area contributed by atoms with Crippen LogP contribution in [0.15, 0.2) is 0 Å². The second-order valence-corrected chi connectivity index (χ2v) is 6.14. The van der Waals surface area contributed by atoms with Crippen molar-refractivity contribution in [2.75, 3.05) is 19.6 Å². The molecule has 1 aliphatic heterocycles. The third-order valence-electron chi connectivity index (χ3n) is 4.03. The molecule has 0 aliphatic carbocycles. The minimum Gasteiger partial charge on any atom is -0.393 e. The molecule has 0 aromatic carbocycles. The normalized spacial score (nSPS) is 26.8. The first-order valence-electron chi connectivity index (χ1n) is 7.69. The third-order valence-corrected chi connectivity index (χ3v) is 4.03. The Kier molecular flexibility index (Phi) is 7.20. The average Bonchev–Trinajstić information content (AvgIpc) is 2.28. The summed E-state index contributed by atoms with van der Waals surface area (Å²) in [6, 6.07) is 0.958. The Morgan fingerprint density at radius 1 is 1.33 bits per heavy atom. The van der Waals surface area contributed by atoms with Gasteiger partial charge in [-0.15, -0.1) is 0 Å². The van der Waals surface area contributed by atoms with Crippen LogP contribution in [0.1, 0.15) is 53.4 Å². The Bertz CT molecular complexity index is 219. The molecule has 0 bridgehead atoms. The van der Waals surface area contributed by atoms with Gasteiger partial charge in [0.1, 0.15) is 0 Å². The third kappa shape index (κ3) is 5.68. The van der Waals surface area contributed by atoms with Crippen molar-refractivity contribution in [2.24, 2.45) is 5.92 Å². The average molecular weight is 256 g/mol. The van der Waals surface area contributed by atoms with E-state index in [4.69, 9.17) is 0 Å². The fraction of sp³-hybridized carbons (Fsp3) is 1.00. The summed E-state index contributed by atoms with van der Waals surface area (Å²) < 4.78 is 0. The first-order valence-corrected chi connectivity index (χ1v) is 7.69. The van der Waals surface area contributed by atoms with Gasteiger partial charge in [-0.2, -0.15) is 0 Å². The van der Waals surface area contributed by atoms with Gasteiger partial charge in [-0.3, -0.25) is 0 Å². The summed E-state index contributed by atoms with van der Waals surface area (Å²) in [5.74, 6) is 0.766. The molecule has 4 atom stereocenters. The zero-order chi connectivity index (χ0) is 13.5. The molecule has 18 heavy (non-hydrogen) atoms. The zero-order valence-electron chi connectivity index (χ0n) is 12.7. The van der Waals surface area contributed by atoms with Crippen LogP contribution < -0.4 is 5.32 Å². The molecule has 1 rings (SSSR count). The molecule has 0 amide bonds. The lowest BCUT2D eigenvalue weighted by atomic mass is 9.91. The van der Waals surface area contributed by atoms with Crippen LogP contribution in [-0.2, 0) is 0 Å². The highest BCUT2D eigenvalue weighted by atomic mass is 16.3. The molecule has 3 nitrogen and oxygen atoms in total. The van der Waals surface area contributed by atoms with E-state index in [0.29, 0.717) is 12.1 Å². The van der Waals surface area contributed by atoms with Gasteiger partial charge in [0.05, 0.1) is 6.10 Å². The lowest BCUT2D eigenvalue weighted by Gasteiger charge is -2.37. The highest BCUT2D eigenvalue weighted by Gasteiger charge is 2.25. The van der Waals surface area contributed by atoms with E-state index < -0.39 is 0 Å². The van der Waals surface area contributed by atoms with E-state index in [-0.39, 0.29) is 6.10 Å². The number of rotatable bonds is 7. The number of nitrogens with one attached hydrogen (secondary N) is 1. The van der Waals surface area contributed by atoms with Crippen LogP contribution in [-0.4, -0.2) is 47.8 Å². The van der Waals surface area contributed by atoms with Crippen molar-refractivity contribution in [2.45, 2.75) is 71.6 Å².